The average molecular weight is 206 g/mol. The number of benzene rings is 2. The van der Waals surface area contributed by atoms with E-state index in [0.717, 1.165) is 27.4 Å². The monoisotopic (exact) mass is 206 g/mol. The molecule has 2 heteroatoms. The number of aromatic nitrogens is 1. The molecule has 76 valence electrons. The summed E-state index contributed by atoms with van der Waals surface area (Å²) in [5.74, 6) is 0. The number of nitriles is 1. The Morgan fingerprint density at radius 2 is 1.69 bits per heavy atom. The zero-order valence-corrected chi connectivity index (χ0v) is 8.91. The normalized spacial score (nSPS) is 10.8. The number of aryl methyl sites for hydroxylation is 1. The van der Waals surface area contributed by atoms with Crippen molar-refractivity contribution in [3.63, 3.8) is 0 Å². The van der Waals surface area contributed by atoms with Gasteiger partial charge in [0.15, 0.2) is 0 Å². The summed E-state index contributed by atoms with van der Waals surface area (Å²) in [6, 6.07) is 14.2. The first-order chi connectivity index (χ1) is 7.81. The van der Waals surface area contributed by atoms with Crippen LogP contribution in [-0.2, 0) is 0 Å². The Balaban J connectivity index is 2.67. The molecule has 2 aromatic carbocycles. The molecule has 0 fully saturated rings. The van der Waals surface area contributed by atoms with Crippen molar-refractivity contribution in [1.29, 1.82) is 5.26 Å². The molecule has 0 spiro atoms. The van der Waals surface area contributed by atoms with Crippen molar-refractivity contribution in [2.24, 2.45) is 0 Å². The Morgan fingerprint density at radius 3 is 2.44 bits per heavy atom. The summed E-state index contributed by atoms with van der Waals surface area (Å²) in [7, 11) is 0. The number of fused-ring (bicyclic) bond motifs is 3. The smallest absolute Gasteiger partial charge is 0.0998 e. The van der Waals surface area contributed by atoms with Crippen LogP contribution in [0.4, 0.5) is 0 Å². The molecule has 0 radical (unpaired) electrons. The number of aromatic amines is 1. The Morgan fingerprint density at radius 1 is 1.00 bits per heavy atom. The summed E-state index contributed by atoms with van der Waals surface area (Å²) in [5.41, 5.74) is 4.06. The molecule has 0 atom stereocenters. The first-order valence-corrected chi connectivity index (χ1v) is 5.21. The molecule has 1 aromatic heterocycles. The molecule has 0 saturated carbocycles. The van der Waals surface area contributed by atoms with Gasteiger partial charge in [-0.05, 0) is 30.7 Å². The highest BCUT2D eigenvalue weighted by Gasteiger charge is 2.09. The van der Waals surface area contributed by atoms with Gasteiger partial charge in [-0.1, -0.05) is 18.2 Å². The second-order valence-corrected chi connectivity index (χ2v) is 3.96. The molecular weight excluding hydrogens is 196 g/mol. The molecule has 3 aromatic rings. The predicted molar refractivity (Wildman–Crippen MR) is 65.3 cm³/mol. The summed E-state index contributed by atoms with van der Waals surface area (Å²) >= 11 is 0. The van der Waals surface area contributed by atoms with E-state index < -0.39 is 0 Å². The Labute approximate surface area is 93.1 Å². The summed E-state index contributed by atoms with van der Waals surface area (Å²) in [5, 5.41) is 11.3. The highest BCUT2D eigenvalue weighted by molar-refractivity contribution is 6.11. The Kier molecular flexibility index (Phi) is 1.75. The number of hydrogen-bond acceptors (Lipinski definition) is 1. The average Bonchev–Trinajstić information content (AvgIpc) is 2.68. The zero-order valence-electron chi connectivity index (χ0n) is 8.91. The summed E-state index contributed by atoms with van der Waals surface area (Å²) < 4.78 is 0. The van der Waals surface area contributed by atoms with Crippen LogP contribution in [0, 0.1) is 18.3 Å². The maximum Gasteiger partial charge on any atom is 0.0998 e. The van der Waals surface area contributed by atoms with E-state index >= 15 is 0 Å². The van der Waals surface area contributed by atoms with Crippen molar-refractivity contribution in [3.05, 3.63) is 47.5 Å². The van der Waals surface area contributed by atoms with E-state index in [9.17, 15) is 0 Å². The van der Waals surface area contributed by atoms with E-state index in [-0.39, 0.29) is 0 Å². The van der Waals surface area contributed by atoms with Crippen molar-refractivity contribution < 1.29 is 0 Å². The van der Waals surface area contributed by atoms with Crippen LogP contribution in [0.15, 0.2) is 36.4 Å². The number of nitrogens with one attached hydrogen (secondary N) is 1. The van der Waals surface area contributed by atoms with Gasteiger partial charge in [0, 0.05) is 21.8 Å². The minimum absolute atomic E-state index is 0.734. The lowest BCUT2D eigenvalue weighted by Gasteiger charge is -1.97. The first-order valence-electron chi connectivity index (χ1n) is 5.21. The molecule has 0 amide bonds. The van der Waals surface area contributed by atoms with Gasteiger partial charge >= 0.3 is 0 Å². The van der Waals surface area contributed by atoms with E-state index in [1.807, 2.05) is 30.3 Å². The largest absolute Gasteiger partial charge is 0.354 e. The molecular formula is C14H10N2. The number of hydrogen-bond donors (Lipinski definition) is 1. The van der Waals surface area contributed by atoms with Gasteiger partial charge in [-0.25, -0.2) is 0 Å². The van der Waals surface area contributed by atoms with Gasteiger partial charge in [0.1, 0.15) is 0 Å². The van der Waals surface area contributed by atoms with Crippen molar-refractivity contribution in [2.75, 3.05) is 0 Å². The number of H-pyrrole nitrogens is 1. The highest BCUT2D eigenvalue weighted by Crippen LogP contribution is 2.30. The van der Waals surface area contributed by atoms with Gasteiger partial charge in [0.2, 0.25) is 0 Å². The zero-order chi connectivity index (χ0) is 11.1. The van der Waals surface area contributed by atoms with Crippen LogP contribution in [0.5, 0.6) is 0 Å². The molecule has 0 saturated heterocycles. The van der Waals surface area contributed by atoms with E-state index in [2.05, 4.69) is 24.0 Å². The lowest BCUT2D eigenvalue weighted by atomic mass is 10.0. The third-order valence-electron chi connectivity index (χ3n) is 2.98. The maximum atomic E-state index is 9.14. The van der Waals surface area contributed by atoms with Crippen LogP contribution >= 0.6 is 0 Å². The van der Waals surface area contributed by atoms with Crippen LogP contribution in [0.1, 0.15) is 11.1 Å². The third kappa shape index (κ3) is 1.06. The number of rotatable bonds is 0. The van der Waals surface area contributed by atoms with Gasteiger partial charge < -0.3 is 4.98 Å². The van der Waals surface area contributed by atoms with E-state index in [0.29, 0.717) is 0 Å². The lowest BCUT2D eigenvalue weighted by molar-refractivity contribution is 1.50. The lowest BCUT2D eigenvalue weighted by Crippen LogP contribution is -1.78. The fourth-order valence-electron chi connectivity index (χ4n) is 2.27. The van der Waals surface area contributed by atoms with Gasteiger partial charge in [0.25, 0.3) is 0 Å². The van der Waals surface area contributed by atoms with Crippen molar-refractivity contribution in [1.82, 2.24) is 4.98 Å². The molecule has 0 aliphatic rings. The van der Waals surface area contributed by atoms with Crippen molar-refractivity contribution in [3.8, 4) is 6.07 Å². The SMILES string of the molecule is Cc1cccc2[nH]c3cccc(C#N)c3c12. The van der Waals surface area contributed by atoms with Gasteiger partial charge in [-0.2, -0.15) is 5.26 Å². The van der Waals surface area contributed by atoms with Crippen LogP contribution in [0.3, 0.4) is 0 Å². The molecule has 1 heterocycles. The van der Waals surface area contributed by atoms with Crippen LogP contribution in [-0.4, -0.2) is 4.98 Å². The summed E-state index contributed by atoms with van der Waals surface area (Å²) in [6.45, 7) is 2.07. The van der Waals surface area contributed by atoms with Crippen molar-refractivity contribution in [2.45, 2.75) is 6.92 Å². The maximum absolute atomic E-state index is 9.14. The molecule has 0 aliphatic carbocycles. The molecule has 0 unspecified atom stereocenters. The summed E-state index contributed by atoms with van der Waals surface area (Å²) in [4.78, 5) is 3.34. The Bertz CT molecular complexity index is 729. The van der Waals surface area contributed by atoms with Crippen LogP contribution < -0.4 is 0 Å². The van der Waals surface area contributed by atoms with E-state index in [1.54, 1.807) is 0 Å². The minimum atomic E-state index is 0.734. The topological polar surface area (TPSA) is 39.6 Å². The molecule has 3 rings (SSSR count). The molecule has 2 nitrogen and oxygen atoms in total. The van der Waals surface area contributed by atoms with Gasteiger partial charge in [-0.15, -0.1) is 0 Å². The molecule has 0 aliphatic heterocycles. The highest BCUT2D eigenvalue weighted by atomic mass is 14.7. The fourth-order valence-corrected chi connectivity index (χ4v) is 2.27. The van der Waals surface area contributed by atoms with Crippen molar-refractivity contribution >= 4 is 21.8 Å². The molecule has 0 bridgehead atoms. The standard InChI is InChI=1S/C14H10N2/c1-9-4-2-6-11-13(9)14-10(8-15)5-3-7-12(14)16-11/h2-7,16H,1H3. The van der Waals surface area contributed by atoms with E-state index in [4.69, 9.17) is 5.26 Å². The predicted octanol–water partition coefficient (Wildman–Crippen LogP) is 3.50. The second-order valence-electron chi connectivity index (χ2n) is 3.96. The Hall–Kier alpha value is -2.27. The van der Waals surface area contributed by atoms with E-state index in [1.165, 1.54) is 5.56 Å². The number of nitrogens with zero attached hydrogens (tertiary/aromatic N) is 1. The molecule has 16 heavy (non-hydrogen) atoms. The third-order valence-corrected chi connectivity index (χ3v) is 2.98. The van der Waals surface area contributed by atoms with Gasteiger partial charge in [-0.3, -0.25) is 0 Å². The van der Waals surface area contributed by atoms with Gasteiger partial charge in [0.05, 0.1) is 11.6 Å². The fraction of sp³-hybridized carbons (Fsp3) is 0.0714. The summed E-state index contributed by atoms with van der Waals surface area (Å²) in [6.07, 6.45) is 0. The molecule has 1 N–H and O–H groups in total. The van der Waals surface area contributed by atoms with Crippen LogP contribution in [0.25, 0.3) is 21.8 Å². The second kappa shape index (κ2) is 3.11. The minimum Gasteiger partial charge on any atom is -0.354 e. The quantitative estimate of drug-likeness (QED) is 0.600. The first kappa shape index (κ1) is 8.99. The van der Waals surface area contributed by atoms with Crippen LogP contribution in [0.2, 0.25) is 0 Å².